The van der Waals surface area contributed by atoms with Crippen LogP contribution in [0.25, 0.3) is 0 Å². The summed E-state index contributed by atoms with van der Waals surface area (Å²) in [7, 11) is 0. The highest BCUT2D eigenvalue weighted by atomic mass is 35.5. The van der Waals surface area contributed by atoms with Gasteiger partial charge in [-0.15, -0.1) is 0 Å². The van der Waals surface area contributed by atoms with Crippen molar-refractivity contribution < 1.29 is 9.03 Å². The van der Waals surface area contributed by atoms with Gasteiger partial charge in [0.1, 0.15) is 0 Å². The summed E-state index contributed by atoms with van der Waals surface area (Å²) in [5.74, 6) is 1.29. The molecular formula is C17H27ClNO2. The zero-order valence-corrected chi connectivity index (χ0v) is 14.3. The van der Waals surface area contributed by atoms with Gasteiger partial charge in [0, 0.05) is 25.2 Å². The van der Waals surface area contributed by atoms with Crippen molar-refractivity contribution >= 4 is 11.9 Å². The van der Waals surface area contributed by atoms with Gasteiger partial charge in [0.25, 0.3) is 6.29 Å². The van der Waals surface area contributed by atoms with Crippen molar-refractivity contribution in [2.45, 2.75) is 27.7 Å². The van der Waals surface area contributed by atoms with Gasteiger partial charge in [-0.25, -0.2) is 4.29 Å². The van der Waals surface area contributed by atoms with Gasteiger partial charge in [-0.1, -0.05) is 58.0 Å². The molecule has 0 heterocycles. The van der Waals surface area contributed by atoms with Crippen molar-refractivity contribution in [1.29, 1.82) is 0 Å². The second kappa shape index (κ2) is 10.2. The van der Waals surface area contributed by atoms with Gasteiger partial charge in [0.15, 0.2) is 0 Å². The molecule has 0 aliphatic rings. The first kappa shape index (κ1) is 18.4. The summed E-state index contributed by atoms with van der Waals surface area (Å²) in [5.41, 5.74) is 0.853. The molecule has 0 aliphatic heterocycles. The summed E-state index contributed by atoms with van der Waals surface area (Å²) < 4.78 is 10.5. The third-order valence-corrected chi connectivity index (χ3v) is 3.11. The van der Waals surface area contributed by atoms with E-state index < -0.39 is 0 Å². The summed E-state index contributed by atoms with van der Waals surface area (Å²) in [6.45, 7) is 12.5. The lowest BCUT2D eigenvalue weighted by Crippen LogP contribution is -2.34. The van der Waals surface area contributed by atoms with Gasteiger partial charge in [-0.3, -0.25) is 0 Å². The molecule has 3 nitrogen and oxygen atoms in total. The third kappa shape index (κ3) is 7.82. The van der Waals surface area contributed by atoms with E-state index in [0.717, 1.165) is 25.2 Å². The summed E-state index contributed by atoms with van der Waals surface area (Å²) in [6.07, 6.45) is 0.367. The Bertz CT molecular complexity index is 360. The molecule has 0 aliphatic carbocycles. The van der Waals surface area contributed by atoms with Gasteiger partial charge in [0.05, 0.1) is 18.5 Å². The van der Waals surface area contributed by atoms with E-state index in [4.69, 9.17) is 20.9 Å². The zero-order valence-electron chi connectivity index (χ0n) is 13.5. The maximum Gasteiger partial charge on any atom is 0.274 e. The van der Waals surface area contributed by atoms with E-state index in [-0.39, 0.29) is 0 Å². The molecule has 0 saturated carbocycles. The van der Waals surface area contributed by atoms with Crippen LogP contribution in [-0.2, 0) is 9.03 Å². The Morgan fingerprint density at radius 3 is 2.10 bits per heavy atom. The Hall–Kier alpha value is -0.610. The Morgan fingerprint density at radius 2 is 1.62 bits per heavy atom. The number of ether oxygens (including phenoxy) is 1. The van der Waals surface area contributed by atoms with Gasteiger partial charge in [-0.2, -0.15) is 0 Å². The van der Waals surface area contributed by atoms with Crippen LogP contribution in [0.3, 0.4) is 0 Å². The fourth-order valence-electron chi connectivity index (χ4n) is 2.28. The number of rotatable bonds is 10. The first-order valence-electron chi connectivity index (χ1n) is 7.59. The molecule has 119 valence electrons. The van der Waals surface area contributed by atoms with Crippen molar-refractivity contribution in [2.75, 3.05) is 26.2 Å². The first-order valence-corrected chi connectivity index (χ1v) is 7.90. The first-order chi connectivity index (χ1) is 10.0. The molecule has 0 aromatic heterocycles. The molecule has 1 aromatic carbocycles. The van der Waals surface area contributed by atoms with E-state index >= 15 is 0 Å². The van der Waals surface area contributed by atoms with Crippen LogP contribution in [0, 0.1) is 18.1 Å². The standard InChI is InChI=1S/C17H27ClNO2/c1-14(2)12-19(13-15(3)4)10-11-20-17(21-18)16-8-6-5-7-9-16/h5-9,14-15H,10-13H2,1-4H3. The average molecular weight is 313 g/mol. The van der Waals surface area contributed by atoms with Gasteiger partial charge in [-0.05, 0) is 11.8 Å². The van der Waals surface area contributed by atoms with E-state index in [9.17, 15) is 0 Å². The van der Waals surface area contributed by atoms with Crippen LogP contribution < -0.4 is 0 Å². The molecule has 0 unspecified atom stereocenters. The number of hydrogen-bond donors (Lipinski definition) is 0. The monoisotopic (exact) mass is 312 g/mol. The van der Waals surface area contributed by atoms with Crippen LogP contribution in [0.5, 0.6) is 0 Å². The largest absolute Gasteiger partial charge is 0.339 e. The van der Waals surface area contributed by atoms with E-state index in [1.807, 2.05) is 30.3 Å². The molecule has 1 radical (unpaired) electrons. The summed E-state index contributed by atoms with van der Waals surface area (Å²) in [4.78, 5) is 2.42. The normalized spacial score (nSPS) is 12.0. The number of halogens is 1. The lowest BCUT2D eigenvalue weighted by atomic mass is 10.1. The van der Waals surface area contributed by atoms with Crippen LogP contribution in [0.2, 0.25) is 0 Å². The SMILES string of the molecule is CC(C)CN(CCO[C](OCl)c1ccccc1)CC(C)C. The predicted molar refractivity (Wildman–Crippen MR) is 87.8 cm³/mol. The van der Waals surface area contributed by atoms with E-state index in [2.05, 4.69) is 32.6 Å². The van der Waals surface area contributed by atoms with Crippen LogP contribution in [0.4, 0.5) is 0 Å². The molecular weight excluding hydrogens is 286 g/mol. The van der Waals surface area contributed by atoms with Gasteiger partial charge < -0.3 is 9.64 Å². The molecule has 0 spiro atoms. The third-order valence-electron chi connectivity index (χ3n) is 2.97. The minimum Gasteiger partial charge on any atom is -0.339 e. The van der Waals surface area contributed by atoms with E-state index in [1.54, 1.807) is 0 Å². The summed E-state index contributed by atoms with van der Waals surface area (Å²) in [6, 6.07) is 9.63. The van der Waals surface area contributed by atoms with Crippen molar-refractivity contribution in [3.8, 4) is 0 Å². The number of benzene rings is 1. The second-order valence-electron chi connectivity index (χ2n) is 6.13. The maximum atomic E-state index is 5.69. The van der Waals surface area contributed by atoms with E-state index in [1.165, 1.54) is 0 Å². The molecule has 21 heavy (non-hydrogen) atoms. The molecule has 0 atom stereocenters. The maximum absolute atomic E-state index is 5.69. The average Bonchev–Trinajstić information content (AvgIpc) is 2.43. The molecule has 1 rings (SSSR count). The molecule has 0 amide bonds. The minimum absolute atomic E-state index is 0.367. The Kier molecular flexibility index (Phi) is 8.93. The lowest BCUT2D eigenvalue weighted by molar-refractivity contribution is 0.0325. The van der Waals surface area contributed by atoms with Crippen molar-refractivity contribution in [2.24, 2.45) is 11.8 Å². The van der Waals surface area contributed by atoms with Crippen molar-refractivity contribution in [3.63, 3.8) is 0 Å². The molecule has 0 N–H and O–H groups in total. The highest BCUT2D eigenvalue weighted by molar-refractivity contribution is 6.07. The Morgan fingerprint density at radius 1 is 1.05 bits per heavy atom. The minimum atomic E-state index is 0.367. The quantitative estimate of drug-likeness (QED) is 0.642. The van der Waals surface area contributed by atoms with E-state index in [0.29, 0.717) is 24.7 Å². The molecule has 0 saturated heterocycles. The fraction of sp³-hybridized carbons (Fsp3) is 0.588. The van der Waals surface area contributed by atoms with Gasteiger partial charge in [0.2, 0.25) is 0 Å². The molecule has 0 fully saturated rings. The highest BCUT2D eigenvalue weighted by Gasteiger charge is 2.16. The van der Waals surface area contributed by atoms with Crippen molar-refractivity contribution in [3.05, 3.63) is 42.2 Å². The smallest absolute Gasteiger partial charge is 0.274 e. The molecule has 0 bridgehead atoms. The second-order valence-corrected chi connectivity index (χ2v) is 6.28. The summed E-state index contributed by atoms with van der Waals surface area (Å²) >= 11 is 5.51. The molecule has 1 aromatic rings. The molecule has 4 heteroatoms. The Labute approximate surface area is 134 Å². The van der Waals surface area contributed by atoms with Crippen molar-refractivity contribution in [1.82, 2.24) is 4.90 Å². The highest BCUT2D eigenvalue weighted by Crippen LogP contribution is 2.19. The van der Waals surface area contributed by atoms with Gasteiger partial charge >= 0.3 is 0 Å². The van der Waals surface area contributed by atoms with Crippen LogP contribution in [-0.4, -0.2) is 31.1 Å². The van der Waals surface area contributed by atoms with Crippen LogP contribution in [0.15, 0.2) is 30.3 Å². The topological polar surface area (TPSA) is 21.7 Å². The summed E-state index contributed by atoms with van der Waals surface area (Å²) in [5, 5.41) is 0. The predicted octanol–water partition coefficient (Wildman–Crippen LogP) is 4.33. The van der Waals surface area contributed by atoms with Crippen LogP contribution in [0.1, 0.15) is 33.3 Å². The van der Waals surface area contributed by atoms with Crippen LogP contribution >= 0.6 is 11.9 Å². The lowest BCUT2D eigenvalue weighted by Gasteiger charge is -2.26. The number of hydrogen-bond acceptors (Lipinski definition) is 3. The number of nitrogens with zero attached hydrogens (tertiary/aromatic N) is 1. The zero-order chi connectivity index (χ0) is 15.7. The Balaban J connectivity index is 2.44. The fourth-order valence-corrected chi connectivity index (χ4v) is 2.42.